The first kappa shape index (κ1) is 16.5. The van der Waals surface area contributed by atoms with Gasteiger partial charge in [0, 0.05) is 24.9 Å². The first-order valence-electron chi connectivity index (χ1n) is 7.95. The molecule has 2 saturated heterocycles. The summed E-state index contributed by atoms with van der Waals surface area (Å²) in [6.07, 6.45) is 5.74. The molecule has 0 aromatic heterocycles. The summed E-state index contributed by atoms with van der Waals surface area (Å²) in [7, 11) is 0. The van der Waals surface area contributed by atoms with E-state index >= 15 is 0 Å². The number of carboxylic acids is 1. The molecule has 0 spiro atoms. The lowest BCUT2D eigenvalue weighted by molar-refractivity contribution is -0.148. The molecule has 0 aromatic rings. The zero-order chi connectivity index (χ0) is 15.3. The highest BCUT2D eigenvalue weighted by atomic mass is 32.2. The summed E-state index contributed by atoms with van der Waals surface area (Å²) in [5.74, 6) is 0.422. The number of carbonyl (C=O) groups is 2. The second-order valence-electron chi connectivity index (χ2n) is 6.18. The van der Waals surface area contributed by atoms with Crippen molar-refractivity contribution in [3.8, 4) is 0 Å². The molecular weight excluding hydrogens is 288 g/mol. The average Bonchev–Trinajstić information content (AvgIpc) is 2.92. The summed E-state index contributed by atoms with van der Waals surface area (Å²) in [5, 5.41) is 13.0. The number of thioether (sulfide) groups is 1. The van der Waals surface area contributed by atoms with Crippen molar-refractivity contribution < 1.29 is 14.7 Å². The molecule has 2 fully saturated rings. The standard InChI is InChI=1S/C15H26N2O3S/c1-2-6-15(13(18)19)7-8-17(11-15)14(20)16-10-12-5-3-4-9-21-12/h12H,2-11H2,1H3,(H,16,20)(H,18,19). The highest BCUT2D eigenvalue weighted by Gasteiger charge is 2.45. The van der Waals surface area contributed by atoms with Gasteiger partial charge in [-0.05, 0) is 31.4 Å². The minimum Gasteiger partial charge on any atom is -0.481 e. The topological polar surface area (TPSA) is 69.6 Å². The highest BCUT2D eigenvalue weighted by Crippen LogP contribution is 2.35. The number of hydrogen-bond acceptors (Lipinski definition) is 3. The fraction of sp³-hybridized carbons (Fsp3) is 0.867. The molecule has 2 amide bonds. The van der Waals surface area contributed by atoms with Gasteiger partial charge in [0.2, 0.25) is 0 Å². The Bertz CT molecular complexity index is 385. The molecule has 0 aromatic carbocycles. The number of amides is 2. The van der Waals surface area contributed by atoms with E-state index in [0.29, 0.717) is 37.7 Å². The van der Waals surface area contributed by atoms with Gasteiger partial charge in [-0.2, -0.15) is 11.8 Å². The number of rotatable bonds is 5. The van der Waals surface area contributed by atoms with E-state index in [-0.39, 0.29) is 6.03 Å². The normalized spacial score (nSPS) is 29.4. The highest BCUT2D eigenvalue weighted by molar-refractivity contribution is 7.99. The quantitative estimate of drug-likeness (QED) is 0.818. The maximum absolute atomic E-state index is 12.2. The number of likely N-dealkylation sites (tertiary alicyclic amines) is 1. The Labute approximate surface area is 130 Å². The van der Waals surface area contributed by atoms with Crippen LogP contribution in [0.4, 0.5) is 4.79 Å². The summed E-state index contributed by atoms with van der Waals surface area (Å²) in [5.41, 5.74) is -0.730. The van der Waals surface area contributed by atoms with Crippen molar-refractivity contribution in [3.05, 3.63) is 0 Å². The van der Waals surface area contributed by atoms with Crippen molar-refractivity contribution in [3.63, 3.8) is 0 Å². The van der Waals surface area contributed by atoms with Crippen molar-refractivity contribution in [1.29, 1.82) is 0 Å². The van der Waals surface area contributed by atoms with Crippen LogP contribution in [0.3, 0.4) is 0 Å². The predicted octanol–water partition coefficient (Wildman–Crippen LogP) is 2.56. The molecule has 2 atom stereocenters. The fourth-order valence-corrected chi connectivity index (χ4v) is 4.53. The van der Waals surface area contributed by atoms with Crippen molar-refractivity contribution in [2.75, 3.05) is 25.4 Å². The third-order valence-electron chi connectivity index (χ3n) is 4.58. The van der Waals surface area contributed by atoms with Gasteiger partial charge in [-0.1, -0.05) is 19.8 Å². The minimum atomic E-state index is -0.762. The molecule has 6 heteroatoms. The Hall–Kier alpha value is -0.910. The molecular formula is C15H26N2O3S. The van der Waals surface area contributed by atoms with Crippen LogP contribution < -0.4 is 5.32 Å². The first-order chi connectivity index (χ1) is 10.1. The molecule has 2 rings (SSSR count). The van der Waals surface area contributed by atoms with E-state index in [1.54, 1.807) is 4.90 Å². The second kappa shape index (κ2) is 7.38. The monoisotopic (exact) mass is 314 g/mol. The third kappa shape index (κ3) is 4.05. The number of carboxylic acid groups (broad SMARTS) is 1. The lowest BCUT2D eigenvalue weighted by Crippen LogP contribution is -2.43. The van der Waals surface area contributed by atoms with E-state index in [1.807, 2.05) is 18.7 Å². The summed E-state index contributed by atoms with van der Waals surface area (Å²) in [4.78, 5) is 25.4. The Morgan fingerprint density at radius 1 is 1.43 bits per heavy atom. The number of aliphatic carboxylic acids is 1. The van der Waals surface area contributed by atoms with Gasteiger partial charge in [-0.15, -0.1) is 0 Å². The first-order valence-corrected chi connectivity index (χ1v) is 9.00. The van der Waals surface area contributed by atoms with Gasteiger partial charge >= 0.3 is 12.0 Å². The van der Waals surface area contributed by atoms with Gasteiger partial charge in [-0.25, -0.2) is 4.79 Å². The van der Waals surface area contributed by atoms with Gasteiger partial charge in [0.25, 0.3) is 0 Å². The van der Waals surface area contributed by atoms with E-state index in [2.05, 4.69) is 5.32 Å². The Morgan fingerprint density at radius 3 is 2.86 bits per heavy atom. The lowest BCUT2D eigenvalue weighted by Gasteiger charge is -2.26. The van der Waals surface area contributed by atoms with Crippen LogP contribution in [-0.4, -0.2) is 52.6 Å². The molecule has 21 heavy (non-hydrogen) atoms. The smallest absolute Gasteiger partial charge is 0.317 e. The Morgan fingerprint density at radius 2 is 2.24 bits per heavy atom. The number of nitrogens with zero attached hydrogens (tertiary/aromatic N) is 1. The van der Waals surface area contributed by atoms with Crippen molar-refractivity contribution in [2.45, 2.75) is 50.7 Å². The molecule has 0 bridgehead atoms. The van der Waals surface area contributed by atoms with Gasteiger partial charge < -0.3 is 15.3 Å². The molecule has 2 heterocycles. The number of nitrogens with one attached hydrogen (secondary N) is 1. The van der Waals surface area contributed by atoms with E-state index in [4.69, 9.17) is 0 Å². The van der Waals surface area contributed by atoms with Crippen LogP contribution >= 0.6 is 11.8 Å². The molecule has 5 nitrogen and oxygen atoms in total. The van der Waals surface area contributed by atoms with Crippen LogP contribution in [-0.2, 0) is 4.79 Å². The van der Waals surface area contributed by atoms with Crippen LogP contribution in [0.1, 0.15) is 45.4 Å². The number of urea groups is 1. The largest absolute Gasteiger partial charge is 0.481 e. The maximum atomic E-state index is 12.2. The van der Waals surface area contributed by atoms with Crippen LogP contribution in [0.5, 0.6) is 0 Å². The number of hydrogen-bond donors (Lipinski definition) is 2. The molecule has 0 radical (unpaired) electrons. The maximum Gasteiger partial charge on any atom is 0.317 e. The molecule has 0 saturated carbocycles. The predicted molar refractivity (Wildman–Crippen MR) is 84.7 cm³/mol. The lowest BCUT2D eigenvalue weighted by atomic mass is 9.83. The van der Waals surface area contributed by atoms with Gasteiger partial charge in [0.1, 0.15) is 0 Å². The third-order valence-corrected chi connectivity index (χ3v) is 5.98. The molecule has 2 unspecified atom stereocenters. The van der Waals surface area contributed by atoms with Crippen molar-refractivity contribution >= 4 is 23.8 Å². The minimum absolute atomic E-state index is 0.0969. The van der Waals surface area contributed by atoms with Crippen molar-refractivity contribution in [1.82, 2.24) is 10.2 Å². The summed E-state index contributed by atoms with van der Waals surface area (Å²) in [6, 6.07) is -0.0969. The molecule has 0 aliphatic carbocycles. The van der Waals surface area contributed by atoms with Gasteiger partial charge in [-0.3, -0.25) is 4.79 Å². The molecule has 2 aliphatic rings. The summed E-state index contributed by atoms with van der Waals surface area (Å²) < 4.78 is 0. The fourth-order valence-electron chi connectivity index (χ4n) is 3.29. The van der Waals surface area contributed by atoms with E-state index in [0.717, 1.165) is 6.42 Å². The number of carbonyl (C=O) groups excluding carboxylic acids is 1. The zero-order valence-corrected chi connectivity index (χ0v) is 13.6. The Kier molecular flexibility index (Phi) is 5.79. The van der Waals surface area contributed by atoms with Gasteiger partial charge in [0.15, 0.2) is 0 Å². The van der Waals surface area contributed by atoms with E-state index in [9.17, 15) is 14.7 Å². The van der Waals surface area contributed by atoms with E-state index in [1.165, 1.54) is 25.0 Å². The van der Waals surface area contributed by atoms with E-state index < -0.39 is 11.4 Å². The van der Waals surface area contributed by atoms with Crippen LogP contribution in [0, 0.1) is 5.41 Å². The zero-order valence-electron chi connectivity index (χ0n) is 12.8. The Balaban J connectivity index is 1.82. The van der Waals surface area contributed by atoms with Crippen LogP contribution in [0.25, 0.3) is 0 Å². The van der Waals surface area contributed by atoms with Crippen LogP contribution in [0.2, 0.25) is 0 Å². The van der Waals surface area contributed by atoms with Crippen molar-refractivity contribution in [2.24, 2.45) is 5.41 Å². The van der Waals surface area contributed by atoms with Gasteiger partial charge in [0.05, 0.1) is 5.41 Å². The van der Waals surface area contributed by atoms with Crippen LogP contribution in [0.15, 0.2) is 0 Å². The SMILES string of the molecule is CCCC1(C(=O)O)CCN(C(=O)NCC2CCCCS2)C1. The molecule has 120 valence electrons. The second-order valence-corrected chi connectivity index (χ2v) is 7.59. The summed E-state index contributed by atoms with van der Waals surface area (Å²) in [6.45, 7) is 3.59. The molecule has 2 aliphatic heterocycles. The molecule has 2 N–H and O–H groups in total. The average molecular weight is 314 g/mol. The summed E-state index contributed by atoms with van der Waals surface area (Å²) >= 11 is 1.93.